The summed E-state index contributed by atoms with van der Waals surface area (Å²) < 4.78 is 0. The average molecular weight is 357 g/mol. The molecule has 5 nitrogen and oxygen atoms in total. The molecule has 2 N–H and O–H groups in total. The average Bonchev–Trinajstić information content (AvgIpc) is 2.97. The number of rotatable bonds is 5. The number of amides is 2. The molecule has 2 saturated heterocycles. The summed E-state index contributed by atoms with van der Waals surface area (Å²) in [6.45, 7) is 3.85. The topological polar surface area (TPSA) is 61.4 Å². The van der Waals surface area contributed by atoms with Crippen molar-refractivity contribution in [1.29, 1.82) is 0 Å². The third-order valence-electron chi connectivity index (χ3n) is 5.55. The van der Waals surface area contributed by atoms with Crippen LogP contribution in [0.1, 0.15) is 61.7 Å². The maximum Gasteiger partial charge on any atom is 0.253 e. The second-order valence-corrected chi connectivity index (χ2v) is 7.56. The summed E-state index contributed by atoms with van der Waals surface area (Å²) >= 11 is 0. The van der Waals surface area contributed by atoms with Crippen LogP contribution in [0.5, 0.6) is 0 Å². The van der Waals surface area contributed by atoms with Crippen molar-refractivity contribution in [3.05, 3.63) is 29.8 Å². The van der Waals surface area contributed by atoms with Crippen LogP contribution in [-0.4, -0.2) is 42.9 Å². The lowest BCUT2D eigenvalue weighted by molar-refractivity contribution is -0.116. The predicted molar refractivity (Wildman–Crippen MR) is 104 cm³/mol. The van der Waals surface area contributed by atoms with E-state index < -0.39 is 0 Å². The molecule has 0 unspecified atom stereocenters. The van der Waals surface area contributed by atoms with Crippen molar-refractivity contribution < 1.29 is 9.59 Å². The van der Waals surface area contributed by atoms with Gasteiger partial charge >= 0.3 is 0 Å². The number of hydrogen-bond acceptors (Lipinski definition) is 3. The van der Waals surface area contributed by atoms with Crippen molar-refractivity contribution in [3.63, 3.8) is 0 Å². The van der Waals surface area contributed by atoms with E-state index in [4.69, 9.17) is 0 Å². The fraction of sp³-hybridized carbons (Fsp3) is 0.619. The minimum absolute atomic E-state index is 0.0649. The Morgan fingerprint density at radius 3 is 2.31 bits per heavy atom. The maximum atomic E-state index is 12.6. The van der Waals surface area contributed by atoms with Crippen LogP contribution >= 0.6 is 0 Å². The predicted octanol–water partition coefficient (Wildman–Crippen LogP) is 3.42. The molecular formula is C21H31N3O2. The second kappa shape index (κ2) is 9.72. The molecule has 26 heavy (non-hydrogen) atoms. The van der Waals surface area contributed by atoms with Gasteiger partial charge in [0.15, 0.2) is 0 Å². The Morgan fingerprint density at radius 1 is 1.00 bits per heavy atom. The van der Waals surface area contributed by atoms with Gasteiger partial charge in [-0.25, -0.2) is 0 Å². The summed E-state index contributed by atoms with van der Waals surface area (Å²) in [7, 11) is 0. The number of nitrogens with zero attached hydrogens (tertiary/aromatic N) is 1. The molecule has 1 aromatic rings. The SMILES string of the molecule is O=C(CCC1CCNCC1)Nc1ccc(C(=O)N2CCCCCC2)cc1. The summed E-state index contributed by atoms with van der Waals surface area (Å²) in [5.41, 5.74) is 1.48. The molecule has 0 spiro atoms. The Kier molecular flexibility index (Phi) is 7.06. The zero-order valence-corrected chi connectivity index (χ0v) is 15.6. The lowest BCUT2D eigenvalue weighted by Crippen LogP contribution is -2.31. The van der Waals surface area contributed by atoms with Gasteiger partial charge in [0.2, 0.25) is 5.91 Å². The minimum atomic E-state index is 0.0649. The highest BCUT2D eigenvalue weighted by Gasteiger charge is 2.17. The molecule has 3 rings (SSSR count). The maximum absolute atomic E-state index is 12.6. The van der Waals surface area contributed by atoms with E-state index in [9.17, 15) is 9.59 Å². The van der Waals surface area contributed by atoms with Crippen LogP contribution in [-0.2, 0) is 4.79 Å². The molecule has 0 bridgehead atoms. The van der Waals surface area contributed by atoms with Gasteiger partial charge in [0.1, 0.15) is 0 Å². The van der Waals surface area contributed by atoms with Gasteiger partial charge in [-0.3, -0.25) is 9.59 Å². The summed E-state index contributed by atoms with van der Waals surface area (Å²) in [6, 6.07) is 7.34. The van der Waals surface area contributed by atoms with Crippen molar-refractivity contribution in [2.24, 2.45) is 5.92 Å². The highest BCUT2D eigenvalue weighted by Crippen LogP contribution is 2.19. The molecule has 0 radical (unpaired) electrons. The number of likely N-dealkylation sites (tertiary alicyclic amines) is 1. The standard InChI is InChI=1S/C21H31N3O2/c25-20(10-5-17-11-13-22-14-12-17)23-19-8-6-18(7-9-19)21(26)24-15-3-1-2-4-16-24/h6-9,17,22H,1-5,10-16H2,(H,23,25). The van der Waals surface area contributed by atoms with E-state index in [1.54, 1.807) is 0 Å². The van der Waals surface area contributed by atoms with Crippen molar-refractivity contribution >= 4 is 17.5 Å². The number of carbonyl (C=O) groups excluding carboxylic acids is 2. The Bertz CT molecular complexity index is 586. The fourth-order valence-corrected chi connectivity index (χ4v) is 3.88. The van der Waals surface area contributed by atoms with Gasteiger partial charge in [0.25, 0.3) is 5.91 Å². The van der Waals surface area contributed by atoms with Crippen LogP contribution in [0.15, 0.2) is 24.3 Å². The quantitative estimate of drug-likeness (QED) is 0.849. The van der Waals surface area contributed by atoms with Crippen LogP contribution in [0.25, 0.3) is 0 Å². The van der Waals surface area contributed by atoms with Gasteiger partial charge in [-0.2, -0.15) is 0 Å². The molecule has 2 amide bonds. The summed E-state index contributed by atoms with van der Waals surface area (Å²) in [5.74, 6) is 0.835. The van der Waals surface area contributed by atoms with Crippen LogP contribution < -0.4 is 10.6 Å². The summed E-state index contributed by atoms with van der Waals surface area (Å²) in [4.78, 5) is 26.7. The highest BCUT2D eigenvalue weighted by atomic mass is 16.2. The molecule has 2 heterocycles. The second-order valence-electron chi connectivity index (χ2n) is 7.56. The lowest BCUT2D eigenvalue weighted by Gasteiger charge is -2.22. The molecule has 5 heteroatoms. The van der Waals surface area contributed by atoms with Crippen LogP contribution in [0.3, 0.4) is 0 Å². The number of hydrogen-bond donors (Lipinski definition) is 2. The molecule has 2 fully saturated rings. The summed E-state index contributed by atoms with van der Waals surface area (Å²) in [6.07, 6.45) is 8.48. The smallest absolute Gasteiger partial charge is 0.253 e. The largest absolute Gasteiger partial charge is 0.339 e. The van der Waals surface area contributed by atoms with E-state index in [0.717, 1.165) is 51.1 Å². The Morgan fingerprint density at radius 2 is 1.65 bits per heavy atom. The minimum Gasteiger partial charge on any atom is -0.339 e. The zero-order chi connectivity index (χ0) is 18.2. The Balaban J connectivity index is 1.47. The van der Waals surface area contributed by atoms with E-state index >= 15 is 0 Å². The van der Waals surface area contributed by atoms with Crippen LogP contribution in [0, 0.1) is 5.92 Å². The molecule has 142 valence electrons. The molecule has 0 atom stereocenters. The van der Waals surface area contributed by atoms with Gasteiger partial charge in [-0.15, -0.1) is 0 Å². The molecule has 0 saturated carbocycles. The van der Waals surface area contributed by atoms with Crippen molar-refractivity contribution in [2.45, 2.75) is 51.4 Å². The first-order chi connectivity index (χ1) is 12.7. The molecule has 0 aromatic heterocycles. The van der Waals surface area contributed by atoms with Crippen molar-refractivity contribution in [3.8, 4) is 0 Å². The number of carbonyl (C=O) groups is 2. The van der Waals surface area contributed by atoms with E-state index in [1.807, 2.05) is 29.2 Å². The monoisotopic (exact) mass is 357 g/mol. The highest BCUT2D eigenvalue weighted by molar-refractivity contribution is 5.95. The van der Waals surface area contributed by atoms with Crippen LogP contribution in [0.4, 0.5) is 5.69 Å². The normalized spacial score (nSPS) is 19.0. The van der Waals surface area contributed by atoms with Gasteiger partial charge in [0, 0.05) is 30.8 Å². The van der Waals surface area contributed by atoms with Gasteiger partial charge in [-0.05, 0) is 75.4 Å². The Labute approximate surface area is 156 Å². The fourth-order valence-electron chi connectivity index (χ4n) is 3.88. The molecular weight excluding hydrogens is 326 g/mol. The first-order valence-corrected chi connectivity index (χ1v) is 10.1. The number of anilines is 1. The van der Waals surface area contributed by atoms with Gasteiger partial charge in [-0.1, -0.05) is 12.8 Å². The lowest BCUT2D eigenvalue weighted by atomic mass is 9.93. The number of benzene rings is 1. The first kappa shape index (κ1) is 18.9. The van der Waals surface area contributed by atoms with Crippen molar-refractivity contribution in [2.75, 3.05) is 31.5 Å². The van der Waals surface area contributed by atoms with E-state index in [1.165, 1.54) is 25.7 Å². The van der Waals surface area contributed by atoms with E-state index in [-0.39, 0.29) is 11.8 Å². The van der Waals surface area contributed by atoms with Crippen LogP contribution in [0.2, 0.25) is 0 Å². The van der Waals surface area contributed by atoms with Gasteiger partial charge in [0.05, 0.1) is 0 Å². The Hall–Kier alpha value is -1.88. The first-order valence-electron chi connectivity index (χ1n) is 10.1. The molecule has 0 aliphatic carbocycles. The number of piperidine rings is 1. The van der Waals surface area contributed by atoms with Crippen molar-refractivity contribution in [1.82, 2.24) is 10.2 Å². The van der Waals surface area contributed by atoms with E-state index in [0.29, 0.717) is 17.9 Å². The summed E-state index contributed by atoms with van der Waals surface area (Å²) in [5, 5.41) is 6.31. The molecule has 2 aliphatic rings. The van der Waals surface area contributed by atoms with E-state index in [2.05, 4.69) is 10.6 Å². The third-order valence-corrected chi connectivity index (χ3v) is 5.55. The van der Waals surface area contributed by atoms with Gasteiger partial charge < -0.3 is 15.5 Å². The molecule has 1 aromatic carbocycles. The third kappa shape index (κ3) is 5.56. The molecule has 2 aliphatic heterocycles. The number of nitrogens with one attached hydrogen (secondary N) is 2. The zero-order valence-electron chi connectivity index (χ0n) is 15.6.